The highest BCUT2D eigenvalue weighted by molar-refractivity contribution is 5.81. The molecule has 0 bridgehead atoms. The number of amides is 1. The van der Waals surface area contributed by atoms with E-state index in [2.05, 4.69) is 19.4 Å². The SMILES string of the molecule is CC1CN(C(=O)C(C)N2CCN(Cc3nccn3C)CC2)CC(C)O1. The van der Waals surface area contributed by atoms with Gasteiger partial charge in [0, 0.05) is 58.7 Å². The Morgan fingerprint density at radius 2 is 1.88 bits per heavy atom. The summed E-state index contributed by atoms with van der Waals surface area (Å²) < 4.78 is 7.81. The molecule has 2 aliphatic heterocycles. The standard InChI is InChI=1S/C18H31N5O2/c1-14-11-23(12-15(2)25-14)18(24)16(3)22-9-7-21(8-10-22)13-17-19-5-6-20(17)4/h5-6,14-16H,7-13H2,1-4H3. The fourth-order valence-corrected chi connectivity index (χ4v) is 3.84. The molecule has 0 radical (unpaired) electrons. The third kappa shape index (κ3) is 4.40. The Morgan fingerprint density at radius 3 is 2.44 bits per heavy atom. The maximum atomic E-state index is 12.9. The summed E-state index contributed by atoms with van der Waals surface area (Å²) in [5.74, 6) is 1.33. The summed E-state index contributed by atoms with van der Waals surface area (Å²) in [5, 5.41) is 0. The van der Waals surface area contributed by atoms with Crippen molar-refractivity contribution in [3.8, 4) is 0 Å². The molecule has 2 aliphatic rings. The zero-order chi connectivity index (χ0) is 18.0. The lowest BCUT2D eigenvalue weighted by molar-refractivity contribution is -0.148. The molecule has 2 saturated heterocycles. The molecule has 0 aromatic carbocycles. The van der Waals surface area contributed by atoms with E-state index in [9.17, 15) is 4.79 Å². The van der Waals surface area contributed by atoms with Crippen molar-refractivity contribution in [2.45, 2.75) is 45.6 Å². The second-order valence-electron chi connectivity index (χ2n) is 7.44. The van der Waals surface area contributed by atoms with Crippen LogP contribution in [0.4, 0.5) is 0 Å². The van der Waals surface area contributed by atoms with Crippen molar-refractivity contribution >= 4 is 5.91 Å². The summed E-state index contributed by atoms with van der Waals surface area (Å²) in [4.78, 5) is 24.0. The second kappa shape index (κ2) is 7.85. The molecule has 7 heteroatoms. The Hall–Kier alpha value is -1.44. The van der Waals surface area contributed by atoms with Crippen molar-refractivity contribution in [1.29, 1.82) is 0 Å². The predicted octanol–water partition coefficient (Wildman–Crippen LogP) is 0.562. The van der Waals surface area contributed by atoms with E-state index < -0.39 is 0 Å². The van der Waals surface area contributed by atoms with Gasteiger partial charge >= 0.3 is 0 Å². The Balaban J connectivity index is 1.50. The molecule has 1 amide bonds. The number of morpholine rings is 1. The first-order valence-electron chi connectivity index (χ1n) is 9.31. The fraction of sp³-hybridized carbons (Fsp3) is 0.778. The van der Waals surface area contributed by atoms with E-state index in [1.165, 1.54) is 0 Å². The average molecular weight is 349 g/mol. The Bertz CT molecular complexity index is 572. The molecule has 2 fully saturated rings. The van der Waals surface area contributed by atoms with Gasteiger partial charge in [0.25, 0.3) is 0 Å². The number of imidazole rings is 1. The molecule has 0 aliphatic carbocycles. The van der Waals surface area contributed by atoms with Crippen LogP contribution >= 0.6 is 0 Å². The minimum Gasteiger partial charge on any atom is -0.372 e. The molecular formula is C18H31N5O2. The number of hydrogen-bond donors (Lipinski definition) is 0. The van der Waals surface area contributed by atoms with Gasteiger partial charge < -0.3 is 14.2 Å². The fourth-order valence-electron chi connectivity index (χ4n) is 3.84. The number of ether oxygens (including phenoxy) is 1. The first kappa shape index (κ1) is 18.4. The van der Waals surface area contributed by atoms with E-state index in [0.717, 1.165) is 38.5 Å². The van der Waals surface area contributed by atoms with Crippen LogP contribution in [-0.4, -0.2) is 87.7 Å². The van der Waals surface area contributed by atoms with Gasteiger partial charge in [0.2, 0.25) is 5.91 Å². The van der Waals surface area contributed by atoms with Crippen LogP contribution in [0.2, 0.25) is 0 Å². The number of rotatable bonds is 4. The van der Waals surface area contributed by atoms with Crippen molar-refractivity contribution in [3.05, 3.63) is 18.2 Å². The largest absolute Gasteiger partial charge is 0.372 e. The summed E-state index contributed by atoms with van der Waals surface area (Å²) in [6, 6.07) is -0.0622. The van der Waals surface area contributed by atoms with Gasteiger partial charge in [0.15, 0.2) is 0 Å². The average Bonchev–Trinajstić information content (AvgIpc) is 2.98. The third-order valence-corrected chi connectivity index (χ3v) is 5.33. The molecule has 140 valence electrons. The number of nitrogens with zero attached hydrogens (tertiary/aromatic N) is 5. The van der Waals surface area contributed by atoms with Crippen molar-refractivity contribution in [3.63, 3.8) is 0 Å². The molecule has 1 aromatic heterocycles. The maximum absolute atomic E-state index is 12.9. The van der Waals surface area contributed by atoms with Crippen LogP contribution in [0.1, 0.15) is 26.6 Å². The van der Waals surface area contributed by atoms with Gasteiger partial charge in [-0.1, -0.05) is 0 Å². The number of hydrogen-bond acceptors (Lipinski definition) is 5. The van der Waals surface area contributed by atoms with Gasteiger partial charge in [-0.05, 0) is 20.8 Å². The first-order chi connectivity index (χ1) is 11.9. The zero-order valence-corrected chi connectivity index (χ0v) is 15.9. The quantitative estimate of drug-likeness (QED) is 0.795. The lowest BCUT2D eigenvalue weighted by Gasteiger charge is -2.41. The number of aromatic nitrogens is 2. The number of carbonyl (C=O) groups excluding carboxylic acids is 1. The van der Waals surface area contributed by atoms with Crippen LogP contribution in [0.5, 0.6) is 0 Å². The maximum Gasteiger partial charge on any atom is 0.239 e. The van der Waals surface area contributed by atoms with Gasteiger partial charge in [0.1, 0.15) is 5.82 Å². The first-order valence-corrected chi connectivity index (χ1v) is 9.31. The van der Waals surface area contributed by atoms with Gasteiger partial charge in [0.05, 0.1) is 24.8 Å². The molecule has 3 atom stereocenters. The summed E-state index contributed by atoms with van der Waals surface area (Å²) in [6.07, 6.45) is 4.07. The molecule has 25 heavy (non-hydrogen) atoms. The Kier molecular flexibility index (Phi) is 5.76. The van der Waals surface area contributed by atoms with E-state index in [-0.39, 0.29) is 24.2 Å². The van der Waals surface area contributed by atoms with Crippen LogP contribution in [0.3, 0.4) is 0 Å². The van der Waals surface area contributed by atoms with Crippen molar-refractivity contribution in [2.24, 2.45) is 7.05 Å². The summed E-state index contributed by atoms with van der Waals surface area (Å²) >= 11 is 0. The predicted molar refractivity (Wildman–Crippen MR) is 96.1 cm³/mol. The van der Waals surface area contributed by atoms with E-state index in [1.807, 2.05) is 45.1 Å². The van der Waals surface area contributed by atoms with Gasteiger partial charge in [-0.25, -0.2) is 4.98 Å². The molecule has 3 rings (SSSR count). The zero-order valence-electron chi connectivity index (χ0n) is 15.9. The molecule has 0 N–H and O–H groups in total. The normalized spacial score (nSPS) is 27.4. The van der Waals surface area contributed by atoms with E-state index in [4.69, 9.17) is 4.74 Å². The van der Waals surface area contributed by atoms with Crippen LogP contribution in [0.15, 0.2) is 12.4 Å². The van der Waals surface area contributed by atoms with E-state index >= 15 is 0 Å². The Labute approximate surface area is 150 Å². The highest BCUT2D eigenvalue weighted by Gasteiger charge is 2.32. The van der Waals surface area contributed by atoms with Gasteiger partial charge in [-0.3, -0.25) is 14.6 Å². The second-order valence-corrected chi connectivity index (χ2v) is 7.44. The summed E-state index contributed by atoms with van der Waals surface area (Å²) in [5.41, 5.74) is 0. The van der Waals surface area contributed by atoms with Gasteiger partial charge in [-0.15, -0.1) is 0 Å². The number of aryl methyl sites for hydroxylation is 1. The van der Waals surface area contributed by atoms with Crippen LogP contribution in [0, 0.1) is 0 Å². The molecule has 3 unspecified atom stereocenters. The molecular weight excluding hydrogens is 318 g/mol. The number of carbonyl (C=O) groups is 1. The molecule has 0 spiro atoms. The van der Waals surface area contributed by atoms with Crippen molar-refractivity contribution in [1.82, 2.24) is 24.3 Å². The number of piperazine rings is 1. The van der Waals surface area contributed by atoms with Gasteiger partial charge in [-0.2, -0.15) is 0 Å². The van der Waals surface area contributed by atoms with Crippen LogP contribution in [0.25, 0.3) is 0 Å². The van der Waals surface area contributed by atoms with Crippen LogP contribution in [-0.2, 0) is 23.1 Å². The lowest BCUT2D eigenvalue weighted by atomic mass is 10.1. The lowest BCUT2D eigenvalue weighted by Crippen LogP contribution is -2.57. The molecule has 0 saturated carbocycles. The van der Waals surface area contributed by atoms with Crippen molar-refractivity contribution < 1.29 is 9.53 Å². The smallest absolute Gasteiger partial charge is 0.239 e. The monoisotopic (exact) mass is 349 g/mol. The Morgan fingerprint density at radius 1 is 1.24 bits per heavy atom. The van der Waals surface area contributed by atoms with E-state index in [1.54, 1.807) is 0 Å². The van der Waals surface area contributed by atoms with Crippen molar-refractivity contribution in [2.75, 3.05) is 39.3 Å². The minimum absolute atomic E-state index is 0.0622. The minimum atomic E-state index is -0.0622. The third-order valence-electron chi connectivity index (χ3n) is 5.33. The van der Waals surface area contributed by atoms with E-state index in [0.29, 0.717) is 13.1 Å². The topological polar surface area (TPSA) is 53.8 Å². The summed E-state index contributed by atoms with van der Waals surface area (Å²) in [7, 11) is 2.03. The molecule has 3 heterocycles. The highest BCUT2D eigenvalue weighted by Crippen LogP contribution is 2.15. The van der Waals surface area contributed by atoms with Crippen LogP contribution < -0.4 is 0 Å². The molecule has 7 nitrogen and oxygen atoms in total. The summed E-state index contributed by atoms with van der Waals surface area (Å²) in [6.45, 7) is 12.2. The molecule has 1 aromatic rings. The highest BCUT2D eigenvalue weighted by atomic mass is 16.5.